The van der Waals surface area contributed by atoms with Crippen LogP contribution in [0, 0.1) is 11.2 Å². The van der Waals surface area contributed by atoms with Crippen molar-refractivity contribution in [2.24, 2.45) is 5.41 Å². The van der Waals surface area contributed by atoms with Gasteiger partial charge in [0.1, 0.15) is 5.82 Å². The van der Waals surface area contributed by atoms with Gasteiger partial charge in [-0.05, 0) is 56.0 Å². The van der Waals surface area contributed by atoms with E-state index in [0.29, 0.717) is 30.6 Å². The number of amides is 1. The summed E-state index contributed by atoms with van der Waals surface area (Å²) in [6, 6.07) is 13.0. The Balaban J connectivity index is 1.75. The van der Waals surface area contributed by atoms with E-state index in [1.54, 1.807) is 41.3 Å². The van der Waals surface area contributed by atoms with E-state index in [1.165, 1.54) is 19.1 Å². The molecule has 1 atom stereocenters. The molecule has 0 aromatic heterocycles. The van der Waals surface area contributed by atoms with Gasteiger partial charge in [-0.15, -0.1) is 0 Å². The average molecular weight is 369 g/mol. The van der Waals surface area contributed by atoms with Gasteiger partial charge in [0.05, 0.1) is 6.61 Å². The second-order valence-electron chi connectivity index (χ2n) is 7.43. The molecular formula is C22H24FNO3. The molecule has 0 aliphatic carbocycles. The number of likely N-dealkylation sites (tertiary alicyclic amines) is 1. The topological polar surface area (TPSA) is 57.6 Å². The van der Waals surface area contributed by atoms with Crippen LogP contribution in [0.25, 0.3) is 0 Å². The summed E-state index contributed by atoms with van der Waals surface area (Å²) in [5.74, 6) is -0.418. The highest BCUT2D eigenvalue weighted by atomic mass is 19.1. The lowest BCUT2D eigenvalue weighted by Crippen LogP contribution is -2.49. The highest BCUT2D eigenvalue weighted by molar-refractivity contribution is 5.97. The number of halogens is 1. The van der Waals surface area contributed by atoms with Crippen molar-refractivity contribution in [3.8, 4) is 0 Å². The Morgan fingerprint density at radius 1 is 1.07 bits per heavy atom. The molecule has 0 radical (unpaired) electrons. The number of carbonyl (C=O) groups excluding carboxylic acids is 2. The number of aliphatic hydroxyl groups is 1. The highest BCUT2D eigenvalue weighted by Crippen LogP contribution is 2.34. The molecule has 27 heavy (non-hydrogen) atoms. The number of ketones is 1. The molecule has 1 saturated heterocycles. The van der Waals surface area contributed by atoms with E-state index in [-0.39, 0.29) is 24.1 Å². The highest BCUT2D eigenvalue weighted by Gasteiger charge is 2.37. The lowest BCUT2D eigenvalue weighted by atomic mass is 9.75. The number of hydrogen-bond acceptors (Lipinski definition) is 3. The largest absolute Gasteiger partial charge is 0.396 e. The fraction of sp³-hybridized carbons (Fsp3) is 0.364. The minimum absolute atomic E-state index is 0.0303. The molecule has 1 aliphatic heterocycles. The zero-order valence-electron chi connectivity index (χ0n) is 15.5. The first kappa shape index (κ1) is 19.2. The van der Waals surface area contributed by atoms with Gasteiger partial charge in [-0.1, -0.05) is 24.3 Å². The zero-order valence-corrected chi connectivity index (χ0v) is 15.5. The van der Waals surface area contributed by atoms with Gasteiger partial charge < -0.3 is 10.0 Å². The van der Waals surface area contributed by atoms with E-state index >= 15 is 0 Å². The zero-order chi connectivity index (χ0) is 19.4. The SMILES string of the molecule is CC(=O)c1ccc(C(=O)N2CCC[C@](CO)(Cc3ccc(F)cc3)C2)cc1. The van der Waals surface area contributed by atoms with Crippen LogP contribution in [0.1, 0.15) is 46.0 Å². The normalized spacial score (nSPS) is 19.7. The molecule has 4 nitrogen and oxygen atoms in total. The van der Waals surface area contributed by atoms with Gasteiger partial charge >= 0.3 is 0 Å². The fourth-order valence-corrected chi connectivity index (χ4v) is 3.78. The Labute approximate surface area is 158 Å². The van der Waals surface area contributed by atoms with Crippen LogP contribution in [-0.2, 0) is 6.42 Å². The van der Waals surface area contributed by atoms with Gasteiger partial charge in [-0.3, -0.25) is 9.59 Å². The van der Waals surface area contributed by atoms with Crippen LogP contribution in [0.2, 0.25) is 0 Å². The van der Waals surface area contributed by atoms with Gasteiger partial charge in [0, 0.05) is 29.6 Å². The van der Waals surface area contributed by atoms with Crippen LogP contribution in [0.15, 0.2) is 48.5 Å². The fourth-order valence-electron chi connectivity index (χ4n) is 3.78. The number of aliphatic hydroxyl groups excluding tert-OH is 1. The summed E-state index contributed by atoms with van der Waals surface area (Å²) in [6.45, 7) is 2.55. The predicted octanol–water partition coefficient (Wildman–Crippen LogP) is 3.49. The molecule has 1 amide bonds. The second-order valence-corrected chi connectivity index (χ2v) is 7.43. The van der Waals surface area contributed by atoms with Crippen LogP contribution in [0.5, 0.6) is 0 Å². The molecule has 142 valence electrons. The molecule has 2 aromatic rings. The number of hydrogen-bond donors (Lipinski definition) is 1. The summed E-state index contributed by atoms with van der Waals surface area (Å²) in [7, 11) is 0. The molecule has 1 heterocycles. The Kier molecular flexibility index (Phi) is 5.71. The standard InChI is InChI=1S/C22H24FNO3/c1-16(26)18-5-7-19(8-6-18)21(27)24-12-2-11-22(14-24,15-25)13-17-3-9-20(23)10-4-17/h3-10,25H,2,11-15H2,1H3/t22-/m0/s1. The summed E-state index contributed by atoms with van der Waals surface area (Å²) < 4.78 is 13.2. The minimum atomic E-state index is -0.426. The second kappa shape index (κ2) is 8.01. The van der Waals surface area contributed by atoms with Gasteiger partial charge in [0.15, 0.2) is 5.78 Å². The monoisotopic (exact) mass is 369 g/mol. The first-order valence-electron chi connectivity index (χ1n) is 9.18. The van der Waals surface area contributed by atoms with Gasteiger partial charge in [-0.25, -0.2) is 4.39 Å². The van der Waals surface area contributed by atoms with E-state index in [1.807, 2.05) is 0 Å². The quantitative estimate of drug-likeness (QED) is 0.821. The summed E-state index contributed by atoms with van der Waals surface area (Å²) >= 11 is 0. The van der Waals surface area contributed by atoms with Crippen LogP contribution in [-0.4, -0.2) is 41.4 Å². The minimum Gasteiger partial charge on any atom is -0.396 e. The Bertz CT molecular complexity index is 816. The molecule has 1 N–H and O–H groups in total. The third kappa shape index (κ3) is 4.42. The van der Waals surface area contributed by atoms with E-state index in [0.717, 1.165) is 18.4 Å². The Hall–Kier alpha value is -2.53. The van der Waals surface area contributed by atoms with Gasteiger partial charge in [0.2, 0.25) is 0 Å². The first-order chi connectivity index (χ1) is 12.9. The van der Waals surface area contributed by atoms with Crippen molar-refractivity contribution in [1.29, 1.82) is 0 Å². The molecule has 3 rings (SSSR count). The van der Waals surface area contributed by atoms with Crippen molar-refractivity contribution in [3.63, 3.8) is 0 Å². The van der Waals surface area contributed by atoms with Crippen molar-refractivity contribution < 1.29 is 19.1 Å². The molecule has 1 fully saturated rings. The van der Waals surface area contributed by atoms with Crippen molar-refractivity contribution in [2.75, 3.05) is 19.7 Å². The smallest absolute Gasteiger partial charge is 0.253 e. The van der Waals surface area contributed by atoms with E-state index in [2.05, 4.69) is 0 Å². The van der Waals surface area contributed by atoms with Gasteiger partial charge in [0.25, 0.3) is 5.91 Å². The first-order valence-corrected chi connectivity index (χ1v) is 9.18. The summed E-state index contributed by atoms with van der Waals surface area (Å²) in [5, 5.41) is 10.1. The van der Waals surface area contributed by atoms with Crippen LogP contribution in [0.4, 0.5) is 4.39 Å². The number of benzene rings is 2. The van der Waals surface area contributed by atoms with E-state index in [4.69, 9.17) is 0 Å². The predicted molar refractivity (Wildman–Crippen MR) is 101 cm³/mol. The summed E-state index contributed by atoms with van der Waals surface area (Å²) in [5.41, 5.74) is 1.64. The van der Waals surface area contributed by atoms with Crippen LogP contribution >= 0.6 is 0 Å². The number of carbonyl (C=O) groups is 2. The lowest BCUT2D eigenvalue weighted by Gasteiger charge is -2.42. The molecule has 0 spiro atoms. The number of nitrogens with zero attached hydrogens (tertiary/aromatic N) is 1. The third-order valence-corrected chi connectivity index (χ3v) is 5.31. The Morgan fingerprint density at radius 3 is 2.30 bits per heavy atom. The van der Waals surface area contributed by atoms with Crippen molar-refractivity contribution in [1.82, 2.24) is 4.90 Å². The molecule has 1 aliphatic rings. The summed E-state index contributed by atoms with van der Waals surface area (Å²) in [4.78, 5) is 26.1. The number of piperidine rings is 1. The maximum Gasteiger partial charge on any atom is 0.253 e. The Morgan fingerprint density at radius 2 is 1.70 bits per heavy atom. The number of Topliss-reactive ketones (excluding diaryl/α,β-unsaturated/α-hetero) is 1. The molecule has 0 bridgehead atoms. The molecule has 2 aromatic carbocycles. The third-order valence-electron chi connectivity index (χ3n) is 5.31. The lowest BCUT2D eigenvalue weighted by molar-refractivity contribution is 0.0271. The van der Waals surface area contributed by atoms with Gasteiger partial charge in [-0.2, -0.15) is 0 Å². The van der Waals surface area contributed by atoms with Crippen molar-refractivity contribution in [3.05, 3.63) is 71.0 Å². The maximum absolute atomic E-state index is 13.2. The maximum atomic E-state index is 13.2. The molecule has 5 heteroatoms. The number of rotatable bonds is 5. The van der Waals surface area contributed by atoms with E-state index in [9.17, 15) is 19.1 Å². The summed E-state index contributed by atoms with van der Waals surface area (Å²) in [6.07, 6.45) is 2.21. The molecule has 0 saturated carbocycles. The van der Waals surface area contributed by atoms with Crippen LogP contribution in [0.3, 0.4) is 0 Å². The molecular weight excluding hydrogens is 345 g/mol. The van der Waals surface area contributed by atoms with Crippen molar-refractivity contribution in [2.45, 2.75) is 26.2 Å². The van der Waals surface area contributed by atoms with Crippen LogP contribution < -0.4 is 0 Å². The average Bonchev–Trinajstić information content (AvgIpc) is 2.69. The van der Waals surface area contributed by atoms with E-state index < -0.39 is 5.41 Å². The molecule has 0 unspecified atom stereocenters. The van der Waals surface area contributed by atoms with Crippen molar-refractivity contribution >= 4 is 11.7 Å².